The highest BCUT2D eigenvalue weighted by atomic mass is 16.3. The zero-order valence-corrected chi connectivity index (χ0v) is 31.0. The highest BCUT2D eigenvalue weighted by molar-refractivity contribution is 6.19. The number of hydrogen-bond donors (Lipinski definition) is 0. The van der Waals surface area contributed by atoms with Crippen LogP contribution in [0, 0.1) is 0 Å². The van der Waals surface area contributed by atoms with Gasteiger partial charge in [-0.3, -0.25) is 0 Å². The topological polar surface area (TPSA) is 69.6 Å². The van der Waals surface area contributed by atoms with E-state index >= 15 is 0 Å². The SMILES string of the molecule is c1cc(-c2nc(-c3ccc(-c4nc5ccccc5c5oc6ccccc6c45)cc3)nc(-c3ccc4ccccc4c3)n2)cc(-n2c3ccccc3c3ccccc32)c1. The second kappa shape index (κ2) is 12.8. The molecule has 0 atom stereocenters. The van der Waals surface area contributed by atoms with Crippen molar-refractivity contribution < 1.29 is 4.42 Å². The largest absolute Gasteiger partial charge is 0.455 e. The summed E-state index contributed by atoms with van der Waals surface area (Å²) < 4.78 is 8.78. The summed E-state index contributed by atoms with van der Waals surface area (Å²) in [5.74, 6) is 1.80. The molecule has 0 amide bonds. The number of furan rings is 1. The van der Waals surface area contributed by atoms with E-state index in [1.54, 1.807) is 0 Å². The predicted octanol–water partition coefficient (Wildman–Crippen LogP) is 13.2. The molecule has 0 spiro atoms. The molecule has 0 radical (unpaired) electrons. The Bertz CT molecular complexity index is 3530. The van der Waals surface area contributed by atoms with Crippen LogP contribution in [0.2, 0.25) is 0 Å². The van der Waals surface area contributed by atoms with E-state index in [0.29, 0.717) is 17.5 Å². The van der Waals surface area contributed by atoms with Crippen LogP contribution in [-0.4, -0.2) is 24.5 Å². The number of para-hydroxylation sites is 4. The molecule has 0 aliphatic heterocycles. The van der Waals surface area contributed by atoms with E-state index in [1.165, 1.54) is 10.8 Å². The molecule has 0 unspecified atom stereocenters. The van der Waals surface area contributed by atoms with E-state index in [0.717, 1.165) is 88.3 Å². The Morgan fingerprint density at radius 2 is 0.948 bits per heavy atom. The van der Waals surface area contributed by atoms with Gasteiger partial charge in [-0.2, -0.15) is 0 Å². The second-order valence-electron chi connectivity index (χ2n) is 14.6. The molecule has 0 bridgehead atoms. The lowest BCUT2D eigenvalue weighted by Gasteiger charge is -2.12. The van der Waals surface area contributed by atoms with Crippen LogP contribution >= 0.6 is 0 Å². The standard InChI is InChI=1S/C52H31N5O/c1-2-13-35-30-37(29-24-32(35)12-1)52-55-50(54-51(56-52)36-14-11-15-38(31-36)57-44-21-8-4-16-39(44)40-17-5-9-22-45(40)57)34-27-25-33(26-28-34)48-47-42-19-6-10-23-46(42)58-49(47)41-18-3-7-20-43(41)53-48/h1-31H. The number of rotatable bonds is 5. The van der Waals surface area contributed by atoms with Crippen molar-refractivity contribution in [2.75, 3.05) is 0 Å². The Morgan fingerprint density at radius 1 is 0.379 bits per heavy atom. The molecule has 4 aromatic heterocycles. The molecule has 0 saturated carbocycles. The maximum Gasteiger partial charge on any atom is 0.164 e. The third-order valence-electron chi connectivity index (χ3n) is 11.2. The van der Waals surface area contributed by atoms with Crippen LogP contribution in [-0.2, 0) is 0 Å². The Labute approximate surface area is 332 Å². The van der Waals surface area contributed by atoms with E-state index in [2.05, 4.69) is 156 Å². The van der Waals surface area contributed by atoms with Gasteiger partial charge in [0.25, 0.3) is 0 Å². The first kappa shape index (κ1) is 32.3. The van der Waals surface area contributed by atoms with Gasteiger partial charge in [0.2, 0.25) is 0 Å². The Morgan fingerprint density at radius 3 is 1.71 bits per heavy atom. The van der Waals surface area contributed by atoms with Crippen LogP contribution in [0.25, 0.3) is 117 Å². The molecule has 0 N–H and O–H groups in total. The van der Waals surface area contributed by atoms with Gasteiger partial charge in [-0.15, -0.1) is 0 Å². The first-order valence-electron chi connectivity index (χ1n) is 19.4. The summed E-state index contributed by atoms with van der Waals surface area (Å²) in [6, 6.07) is 65.0. The normalized spacial score (nSPS) is 11.8. The van der Waals surface area contributed by atoms with Crippen molar-refractivity contribution in [1.29, 1.82) is 0 Å². The Balaban J connectivity index is 1.02. The molecular weight excluding hydrogens is 711 g/mol. The summed E-state index contributed by atoms with van der Waals surface area (Å²) in [4.78, 5) is 20.6. The molecule has 12 aromatic rings. The predicted molar refractivity (Wildman–Crippen MR) is 236 cm³/mol. The van der Waals surface area contributed by atoms with Crippen molar-refractivity contribution in [2.45, 2.75) is 0 Å². The lowest BCUT2D eigenvalue weighted by Crippen LogP contribution is -2.01. The number of nitrogens with zero attached hydrogens (tertiary/aromatic N) is 5. The van der Waals surface area contributed by atoms with Gasteiger partial charge in [0, 0.05) is 49.5 Å². The van der Waals surface area contributed by atoms with Gasteiger partial charge in [-0.05, 0) is 59.3 Å². The molecule has 12 rings (SSSR count). The van der Waals surface area contributed by atoms with E-state index < -0.39 is 0 Å². The van der Waals surface area contributed by atoms with E-state index in [9.17, 15) is 0 Å². The van der Waals surface area contributed by atoms with Crippen molar-refractivity contribution in [1.82, 2.24) is 24.5 Å². The molecule has 0 saturated heterocycles. The molecule has 0 aliphatic carbocycles. The number of hydrogen-bond acceptors (Lipinski definition) is 5. The van der Waals surface area contributed by atoms with Gasteiger partial charge in [0.1, 0.15) is 11.2 Å². The average molecular weight is 742 g/mol. The first-order valence-corrected chi connectivity index (χ1v) is 19.4. The number of fused-ring (bicyclic) bond motifs is 9. The first-order chi connectivity index (χ1) is 28.7. The van der Waals surface area contributed by atoms with E-state index in [4.69, 9.17) is 24.4 Å². The molecule has 0 aliphatic rings. The lowest BCUT2D eigenvalue weighted by atomic mass is 10.0. The molecule has 4 heterocycles. The molecule has 58 heavy (non-hydrogen) atoms. The van der Waals surface area contributed by atoms with E-state index in [-0.39, 0.29) is 0 Å². The van der Waals surface area contributed by atoms with Gasteiger partial charge in [0.05, 0.1) is 27.6 Å². The zero-order valence-electron chi connectivity index (χ0n) is 31.0. The van der Waals surface area contributed by atoms with Crippen molar-refractivity contribution in [3.8, 4) is 51.1 Å². The minimum atomic E-state index is 0.590. The third kappa shape index (κ3) is 5.12. The summed E-state index contributed by atoms with van der Waals surface area (Å²) >= 11 is 0. The molecule has 6 heteroatoms. The Kier molecular flexibility index (Phi) is 7.13. The molecular formula is C52H31N5O. The zero-order chi connectivity index (χ0) is 38.2. The van der Waals surface area contributed by atoms with Crippen LogP contribution in [0.4, 0.5) is 0 Å². The minimum Gasteiger partial charge on any atom is -0.455 e. The smallest absolute Gasteiger partial charge is 0.164 e. The highest BCUT2D eigenvalue weighted by Gasteiger charge is 2.19. The van der Waals surface area contributed by atoms with E-state index in [1.807, 2.05) is 36.4 Å². The fraction of sp³-hybridized carbons (Fsp3) is 0. The molecule has 8 aromatic carbocycles. The lowest BCUT2D eigenvalue weighted by molar-refractivity contribution is 0.672. The summed E-state index contributed by atoms with van der Waals surface area (Å²) in [7, 11) is 0. The molecule has 6 nitrogen and oxygen atoms in total. The van der Waals surface area contributed by atoms with Gasteiger partial charge in [-0.1, -0.05) is 140 Å². The average Bonchev–Trinajstić information content (AvgIpc) is 3.85. The van der Waals surface area contributed by atoms with Crippen molar-refractivity contribution in [3.05, 3.63) is 188 Å². The van der Waals surface area contributed by atoms with Crippen molar-refractivity contribution in [2.24, 2.45) is 0 Å². The molecule has 0 fully saturated rings. The Hall–Kier alpha value is -7.96. The fourth-order valence-electron chi connectivity index (χ4n) is 8.47. The van der Waals surface area contributed by atoms with Gasteiger partial charge < -0.3 is 8.98 Å². The van der Waals surface area contributed by atoms with Crippen molar-refractivity contribution in [3.63, 3.8) is 0 Å². The second-order valence-corrected chi connectivity index (χ2v) is 14.6. The maximum atomic E-state index is 6.46. The van der Waals surface area contributed by atoms with Crippen LogP contribution in [0.1, 0.15) is 0 Å². The quantitative estimate of drug-likeness (QED) is 0.176. The van der Waals surface area contributed by atoms with Crippen molar-refractivity contribution >= 4 is 65.4 Å². The van der Waals surface area contributed by atoms with Gasteiger partial charge in [-0.25, -0.2) is 19.9 Å². The van der Waals surface area contributed by atoms with Crippen LogP contribution in [0.5, 0.6) is 0 Å². The third-order valence-corrected chi connectivity index (χ3v) is 11.2. The minimum absolute atomic E-state index is 0.590. The van der Waals surface area contributed by atoms with Gasteiger partial charge in [0.15, 0.2) is 17.5 Å². The number of aromatic nitrogens is 5. The van der Waals surface area contributed by atoms with Crippen LogP contribution < -0.4 is 0 Å². The summed E-state index contributed by atoms with van der Waals surface area (Å²) in [5, 5.41) is 7.77. The highest BCUT2D eigenvalue weighted by Crippen LogP contribution is 2.40. The summed E-state index contributed by atoms with van der Waals surface area (Å²) in [6.07, 6.45) is 0. The summed E-state index contributed by atoms with van der Waals surface area (Å²) in [5.41, 5.74) is 10.5. The molecule has 270 valence electrons. The number of pyridine rings is 1. The number of benzene rings is 8. The maximum absolute atomic E-state index is 6.46. The summed E-state index contributed by atoms with van der Waals surface area (Å²) in [6.45, 7) is 0. The van der Waals surface area contributed by atoms with Crippen LogP contribution in [0.15, 0.2) is 192 Å². The fourth-order valence-corrected chi connectivity index (χ4v) is 8.47. The monoisotopic (exact) mass is 741 g/mol. The van der Waals surface area contributed by atoms with Crippen LogP contribution in [0.3, 0.4) is 0 Å². The van der Waals surface area contributed by atoms with Gasteiger partial charge >= 0.3 is 0 Å².